The van der Waals surface area contributed by atoms with Crippen molar-refractivity contribution in [2.45, 2.75) is 13.8 Å². The van der Waals surface area contributed by atoms with Gasteiger partial charge in [-0.05, 0) is 13.8 Å². The van der Waals surface area contributed by atoms with Crippen molar-refractivity contribution in [1.29, 1.82) is 0 Å². The first-order valence-corrected chi connectivity index (χ1v) is 1.42. The molecular formula is C3H7NO. The maximum absolute atomic E-state index is 7.73. The molecular weight excluding hydrogens is 70.0 g/mol. The van der Waals surface area contributed by atoms with Crippen LogP contribution in [0.4, 0.5) is 0 Å². The second-order valence-corrected chi connectivity index (χ2v) is 1.05. The van der Waals surface area contributed by atoms with Gasteiger partial charge >= 0.3 is 0 Å². The van der Waals surface area contributed by atoms with E-state index in [4.69, 9.17) is 5.21 Å². The average Bonchev–Trinajstić information content (AvgIpc) is 1.38. The third-order valence-electron chi connectivity index (χ3n) is 0.200. The van der Waals surface area contributed by atoms with Crippen LogP contribution in [-0.2, 0) is 0 Å². The number of hydrogen-bond donors (Lipinski definition) is 1. The molecule has 0 aromatic carbocycles. The van der Waals surface area contributed by atoms with Crippen LogP contribution in [0.2, 0.25) is 0 Å². The summed E-state index contributed by atoms with van der Waals surface area (Å²) in [5.41, 5.74) is 0.685. The van der Waals surface area contributed by atoms with E-state index in [1.54, 1.807) is 13.8 Å². The normalized spacial score (nSPS) is 6.80. The summed E-state index contributed by atoms with van der Waals surface area (Å²) in [5.74, 6) is 0. The average molecular weight is 77.1 g/mol. The maximum Gasteiger partial charge on any atom is 0.0509 e. The fourth-order valence-electron chi connectivity index (χ4n) is 0. The molecule has 0 fully saturated rings. The zero-order valence-electron chi connectivity index (χ0n) is 3.39. The highest BCUT2D eigenvalue weighted by molar-refractivity contribution is 5.78. The smallest absolute Gasteiger partial charge is 0.0509 e. The second kappa shape index (κ2) is 1.76. The van der Waals surface area contributed by atoms with Gasteiger partial charge in [0.2, 0.25) is 0 Å². The molecule has 1 N–H and O–H groups in total. The molecule has 30 valence electrons. The topological polar surface area (TPSA) is 32.6 Å². The Kier molecular flexibility index (Phi) is 1.57. The van der Waals surface area contributed by atoms with Crippen LogP contribution in [0.25, 0.3) is 0 Å². The van der Waals surface area contributed by atoms with Crippen LogP contribution in [0.5, 0.6) is 0 Å². The van der Waals surface area contributed by atoms with Crippen molar-refractivity contribution in [3.05, 3.63) is 0 Å². The number of hydrogen-bond acceptors (Lipinski definition) is 2. The van der Waals surface area contributed by atoms with E-state index in [0.717, 1.165) is 0 Å². The van der Waals surface area contributed by atoms with Crippen LogP contribution in [0.3, 0.4) is 0 Å². The minimum atomic E-state index is 0.685. The van der Waals surface area contributed by atoms with Gasteiger partial charge in [-0.1, -0.05) is 5.16 Å². The zero-order valence-corrected chi connectivity index (χ0v) is 3.39. The molecule has 0 amide bonds. The molecule has 0 atom stereocenters. The van der Waals surface area contributed by atoms with Gasteiger partial charge in [0, 0.05) is 0 Å². The molecule has 0 aromatic rings. The van der Waals surface area contributed by atoms with Gasteiger partial charge in [-0.3, -0.25) is 0 Å². The summed E-state index contributed by atoms with van der Waals surface area (Å²) in [6.45, 7) is 3.44. The molecule has 2 nitrogen and oxygen atoms in total. The van der Waals surface area contributed by atoms with Gasteiger partial charge in [-0.15, -0.1) is 0 Å². The predicted molar refractivity (Wildman–Crippen MR) is 20.6 cm³/mol. The van der Waals surface area contributed by atoms with E-state index in [2.05, 4.69) is 5.16 Å². The standard InChI is InChI=1S/C3H7NO/c1-3(2)4-5/h5H,1-2H3/i1+2,2+2. The van der Waals surface area contributed by atoms with Gasteiger partial charge in [-0.2, -0.15) is 0 Å². The van der Waals surface area contributed by atoms with E-state index in [9.17, 15) is 0 Å². The first kappa shape index (κ1) is 4.47. The molecule has 0 saturated heterocycles. The quantitative estimate of drug-likeness (QED) is 0.259. The highest BCUT2D eigenvalue weighted by atomic mass is 16.4. The highest BCUT2D eigenvalue weighted by Gasteiger charge is 1.65. The monoisotopic (exact) mass is 77.1 g/mol. The number of oxime groups is 1. The summed E-state index contributed by atoms with van der Waals surface area (Å²) >= 11 is 0. The van der Waals surface area contributed by atoms with E-state index in [1.165, 1.54) is 0 Å². The molecule has 0 unspecified atom stereocenters. The van der Waals surface area contributed by atoms with E-state index in [1.807, 2.05) is 0 Å². The molecule has 0 aliphatic carbocycles. The molecule has 2 heteroatoms. The predicted octanol–water partition coefficient (Wildman–Crippen LogP) is 0.856. The van der Waals surface area contributed by atoms with Gasteiger partial charge in [0.1, 0.15) is 0 Å². The Balaban J connectivity index is 3.14. The lowest BCUT2D eigenvalue weighted by Gasteiger charge is -1.72. The van der Waals surface area contributed by atoms with Crippen LogP contribution in [0, 0.1) is 0 Å². The van der Waals surface area contributed by atoms with E-state index in [-0.39, 0.29) is 0 Å². The van der Waals surface area contributed by atoms with Gasteiger partial charge in [0.15, 0.2) is 0 Å². The largest absolute Gasteiger partial charge is 0.411 e. The first-order chi connectivity index (χ1) is 2.27. The minimum Gasteiger partial charge on any atom is -0.411 e. The Hall–Kier alpha value is -0.530. The summed E-state index contributed by atoms with van der Waals surface area (Å²) in [7, 11) is 0. The lowest BCUT2D eigenvalue weighted by molar-refractivity contribution is 0.318. The molecule has 0 spiro atoms. The Morgan fingerprint density at radius 2 is 1.80 bits per heavy atom. The van der Waals surface area contributed by atoms with Crippen molar-refractivity contribution in [2.24, 2.45) is 5.16 Å². The van der Waals surface area contributed by atoms with Crippen molar-refractivity contribution in [1.82, 2.24) is 0 Å². The van der Waals surface area contributed by atoms with Crippen LogP contribution in [0.15, 0.2) is 5.16 Å². The molecule has 0 bridgehead atoms. The molecule has 0 aromatic heterocycles. The van der Waals surface area contributed by atoms with Crippen LogP contribution in [0.1, 0.15) is 13.8 Å². The van der Waals surface area contributed by atoms with Crippen molar-refractivity contribution < 1.29 is 5.21 Å². The Labute approximate surface area is 31.1 Å². The minimum absolute atomic E-state index is 0.685. The molecule has 0 aliphatic heterocycles. The molecule has 0 radical (unpaired) electrons. The summed E-state index contributed by atoms with van der Waals surface area (Å²) < 4.78 is 0. The summed E-state index contributed by atoms with van der Waals surface area (Å²) in [6.07, 6.45) is 0. The SMILES string of the molecule is [14CH3]C([14CH3])=NO. The number of rotatable bonds is 0. The lowest BCUT2D eigenvalue weighted by Crippen LogP contribution is -1.74. The summed E-state index contributed by atoms with van der Waals surface area (Å²) in [6, 6.07) is 0. The third kappa shape index (κ3) is 3.47. The van der Waals surface area contributed by atoms with Gasteiger partial charge in [-0.25, -0.2) is 0 Å². The molecule has 0 saturated carbocycles. The van der Waals surface area contributed by atoms with Gasteiger partial charge in [0.05, 0.1) is 5.71 Å². The highest BCUT2D eigenvalue weighted by Crippen LogP contribution is 1.62. The maximum atomic E-state index is 7.73. The van der Waals surface area contributed by atoms with Gasteiger partial charge < -0.3 is 5.21 Å². The van der Waals surface area contributed by atoms with E-state index >= 15 is 0 Å². The Morgan fingerprint density at radius 3 is 1.80 bits per heavy atom. The fraction of sp³-hybridized carbons (Fsp3) is 0.667. The Morgan fingerprint density at radius 1 is 1.60 bits per heavy atom. The van der Waals surface area contributed by atoms with Crippen molar-refractivity contribution >= 4 is 5.71 Å². The molecule has 5 heavy (non-hydrogen) atoms. The first-order valence-electron chi connectivity index (χ1n) is 1.42. The molecule has 0 aliphatic rings. The van der Waals surface area contributed by atoms with Crippen molar-refractivity contribution in [3.8, 4) is 0 Å². The van der Waals surface area contributed by atoms with Crippen LogP contribution < -0.4 is 0 Å². The number of nitrogens with zero attached hydrogens (tertiary/aromatic N) is 1. The van der Waals surface area contributed by atoms with E-state index < -0.39 is 0 Å². The van der Waals surface area contributed by atoms with Gasteiger partial charge in [0.25, 0.3) is 0 Å². The molecule has 0 rings (SSSR count). The van der Waals surface area contributed by atoms with Crippen LogP contribution >= 0.6 is 0 Å². The molecule has 0 heterocycles. The Bertz CT molecular complexity index is 44.9. The fourth-order valence-corrected chi connectivity index (χ4v) is 0. The summed E-state index contributed by atoms with van der Waals surface area (Å²) in [4.78, 5) is 0. The lowest BCUT2D eigenvalue weighted by atomic mass is 11.1. The zero-order chi connectivity index (χ0) is 4.28. The van der Waals surface area contributed by atoms with Crippen molar-refractivity contribution in [3.63, 3.8) is 0 Å². The van der Waals surface area contributed by atoms with Crippen molar-refractivity contribution in [2.75, 3.05) is 0 Å². The second-order valence-electron chi connectivity index (χ2n) is 1.05. The van der Waals surface area contributed by atoms with E-state index in [0.29, 0.717) is 5.71 Å². The third-order valence-corrected chi connectivity index (χ3v) is 0.200. The van der Waals surface area contributed by atoms with Crippen LogP contribution in [-0.4, -0.2) is 10.9 Å². The summed E-state index contributed by atoms with van der Waals surface area (Å²) in [5, 5.41) is 10.5.